The van der Waals surface area contributed by atoms with E-state index in [-0.39, 0.29) is 5.78 Å². The Bertz CT molecular complexity index is 735. The zero-order valence-corrected chi connectivity index (χ0v) is 11.6. The van der Waals surface area contributed by atoms with Gasteiger partial charge in [0.25, 0.3) is 0 Å². The van der Waals surface area contributed by atoms with Gasteiger partial charge in [-0.25, -0.2) is 4.98 Å². The van der Waals surface area contributed by atoms with Crippen LogP contribution in [0.5, 0.6) is 0 Å². The number of thioether (sulfide) groups is 1. The lowest BCUT2D eigenvalue weighted by molar-refractivity contribution is 0.102. The Labute approximate surface area is 121 Å². The van der Waals surface area contributed by atoms with E-state index in [2.05, 4.69) is 11.1 Å². The molecule has 3 aromatic rings. The van der Waals surface area contributed by atoms with Crippen LogP contribution < -0.4 is 0 Å². The van der Waals surface area contributed by atoms with E-state index in [9.17, 15) is 4.79 Å². The number of fused-ring (bicyclic) bond motifs is 1. The van der Waals surface area contributed by atoms with Crippen LogP contribution in [0, 0.1) is 0 Å². The molecule has 0 fully saturated rings. The van der Waals surface area contributed by atoms with E-state index in [1.165, 1.54) is 11.8 Å². The summed E-state index contributed by atoms with van der Waals surface area (Å²) in [4.78, 5) is 16.5. The number of hydrogen-bond donors (Lipinski definition) is 0. The minimum absolute atomic E-state index is 0.130. The number of benzene rings is 2. The highest BCUT2D eigenvalue weighted by Gasteiger charge is 2.08. The summed E-state index contributed by atoms with van der Waals surface area (Å²) in [7, 11) is 0. The van der Waals surface area contributed by atoms with Crippen LogP contribution in [0.2, 0.25) is 0 Å². The fourth-order valence-corrected chi connectivity index (χ4v) is 2.96. The van der Waals surface area contributed by atoms with Crippen molar-refractivity contribution in [1.29, 1.82) is 0 Å². The average molecular weight is 279 g/mol. The first-order chi connectivity index (χ1) is 9.84. The summed E-state index contributed by atoms with van der Waals surface area (Å²) in [6.07, 6.45) is 1.79. The zero-order valence-electron chi connectivity index (χ0n) is 10.8. The summed E-state index contributed by atoms with van der Waals surface area (Å²) in [5.41, 5.74) is 0.750. The molecule has 0 N–H and O–H groups in total. The molecule has 0 radical (unpaired) electrons. The van der Waals surface area contributed by atoms with Gasteiger partial charge < -0.3 is 0 Å². The first-order valence-corrected chi connectivity index (χ1v) is 7.38. The van der Waals surface area contributed by atoms with Gasteiger partial charge in [-0.3, -0.25) is 4.79 Å². The lowest BCUT2D eigenvalue weighted by Gasteiger charge is -2.04. The standard InChI is InChI=1S/C17H13NOS/c19-16(14-7-2-1-3-8-14)12-20-17-15-9-5-4-6-13(15)10-11-18-17/h1-11H,12H2. The highest BCUT2D eigenvalue weighted by atomic mass is 32.2. The molecule has 20 heavy (non-hydrogen) atoms. The molecule has 3 heteroatoms. The minimum Gasteiger partial charge on any atom is -0.293 e. The number of nitrogens with zero attached hydrogens (tertiary/aromatic N) is 1. The smallest absolute Gasteiger partial charge is 0.173 e. The van der Waals surface area contributed by atoms with Crippen molar-refractivity contribution in [3.05, 3.63) is 72.4 Å². The number of carbonyl (C=O) groups is 1. The van der Waals surface area contributed by atoms with E-state index >= 15 is 0 Å². The summed E-state index contributed by atoms with van der Waals surface area (Å²) in [5, 5.41) is 3.16. The number of hydrogen-bond acceptors (Lipinski definition) is 3. The molecule has 3 rings (SSSR count). The quantitative estimate of drug-likeness (QED) is 0.529. The third kappa shape index (κ3) is 2.73. The van der Waals surface area contributed by atoms with Crippen LogP contribution in [0.3, 0.4) is 0 Å². The van der Waals surface area contributed by atoms with Gasteiger partial charge in [0.05, 0.1) is 5.75 Å². The van der Waals surface area contributed by atoms with Crippen molar-refractivity contribution in [3.8, 4) is 0 Å². The van der Waals surface area contributed by atoms with Crippen LogP contribution in [0.25, 0.3) is 10.8 Å². The Morgan fingerprint density at radius 3 is 2.55 bits per heavy atom. The predicted octanol–water partition coefficient (Wildman–Crippen LogP) is 4.21. The van der Waals surface area contributed by atoms with Gasteiger partial charge >= 0.3 is 0 Å². The Hall–Kier alpha value is -2.13. The predicted molar refractivity (Wildman–Crippen MR) is 83.2 cm³/mol. The summed E-state index contributed by atoms with van der Waals surface area (Å²) >= 11 is 1.49. The maximum Gasteiger partial charge on any atom is 0.173 e. The summed E-state index contributed by atoms with van der Waals surface area (Å²) in [5.74, 6) is 0.538. The molecule has 2 aromatic carbocycles. The topological polar surface area (TPSA) is 30.0 Å². The Morgan fingerprint density at radius 1 is 0.950 bits per heavy atom. The average Bonchev–Trinajstić information content (AvgIpc) is 2.53. The molecule has 0 bridgehead atoms. The first kappa shape index (κ1) is 12.9. The number of aromatic nitrogens is 1. The molecule has 0 unspecified atom stereocenters. The van der Waals surface area contributed by atoms with Crippen molar-refractivity contribution >= 4 is 28.3 Å². The second-order valence-corrected chi connectivity index (χ2v) is 5.38. The van der Waals surface area contributed by atoms with E-state index in [0.717, 1.165) is 21.4 Å². The van der Waals surface area contributed by atoms with Gasteiger partial charge in [0, 0.05) is 17.1 Å². The Balaban J connectivity index is 1.79. The molecule has 0 atom stereocenters. The minimum atomic E-state index is 0.130. The van der Waals surface area contributed by atoms with Crippen LogP contribution in [0.4, 0.5) is 0 Å². The molecular formula is C17H13NOS. The van der Waals surface area contributed by atoms with Crippen molar-refractivity contribution < 1.29 is 4.79 Å². The Kier molecular flexibility index (Phi) is 3.79. The maximum atomic E-state index is 12.1. The molecule has 0 amide bonds. The zero-order chi connectivity index (χ0) is 13.8. The molecular weight excluding hydrogens is 266 g/mol. The SMILES string of the molecule is O=C(CSc1nccc2ccccc12)c1ccccc1. The van der Waals surface area contributed by atoms with Gasteiger partial charge in [-0.1, -0.05) is 66.4 Å². The molecule has 98 valence electrons. The molecule has 0 aliphatic carbocycles. The normalized spacial score (nSPS) is 10.6. The number of carbonyl (C=O) groups excluding carboxylic acids is 1. The van der Waals surface area contributed by atoms with Gasteiger partial charge in [-0.15, -0.1) is 0 Å². The van der Waals surface area contributed by atoms with Crippen LogP contribution in [-0.2, 0) is 0 Å². The maximum absolute atomic E-state index is 12.1. The van der Waals surface area contributed by atoms with Crippen molar-refractivity contribution in [2.45, 2.75) is 5.03 Å². The molecule has 2 nitrogen and oxygen atoms in total. The lowest BCUT2D eigenvalue weighted by Crippen LogP contribution is -2.02. The van der Waals surface area contributed by atoms with Crippen LogP contribution in [0.1, 0.15) is 10.4 Å². The molecule has 0 saturated carbocycles. The van der Waals surface area contributed by atoms with Crippen molar-refractivity contribution in [2.24, 2.45) is 0 Å². The van der Waals surface area contributed by atoms with Gasteiger partial charge in [0.15, 0.2) is 5.78 Å². The first-order valence-electron chi connectivity index (χ1n) is 6.39. The number of pyridine rings is 1. The molecule has 0 saturated heterocycles. The fourth-order valence-electron chi connectivity index (χ4n) is 2.05. The second kappa shape index (κ2) is 5.88. The summed E-state index contributed by atoms with van der Waals surface area (Å²) in [6, 6.07) is 19.5. The van der Waals surface area contributed by atoms with E-state index in [1.54, 1.807) is 6.20 Å². The number of rotatable bonds is 4. The second-order valence-electron chi connectivity index (χ2n) is 4.42. The van der Waals surface area contributed by atoms with E-state index < -0.39 is 0 Å². The summed E-state index contributed by atoms with van der Waals surface area (Å²) in [6.45, 7) is 0. The fraction of sp³-hybridized carbons (Fsp3) is 0.0588. The molecule has 1 heterocycles. The molecule has 0 aliphatic heterocycles. The van der Waals surface area contributed by atoms with E-state index in [4.69, 9.17) is 0 Å². The summed E-state index contributed by atoms with van der Waals surface area (Å²) < 4.78 is 0. The van der Waals surface area contributed by atoms with E-state index in [1.807, 2.05) is 54.6 Å². The lowest BCUT2D eigenvalue weighted by atomic mass is 10.2. The largest absolute Gasteiger partial charge is 0.293 e. The Morgan fingerprint density at radius 2 is 1.70 bits per heavy atom. The molecule has 1 aromatic heterocycles. The monoisotopic (exact) mass is 279 g/mol. The highest BCUT2D eigenvalue weighted by molar-refractivity contribution is 8.00. The van der Waals surface area contributed by atoms with Crippen molar-refractivity contribution in [1.82, 2.24) is 4.98 Å². The number of ketones is 1. The van der Waals surface area contributed by atoms with Gasteiger partial charge in [-0.2, -0.15) is 0 Å². The van der Waals surface area contributed by atoms with Crippen LogP contribution in [-0.4, -0.2) is 16.5 Å². The molecule has 0 spiro atoms. The van der Waals surface area contributed by atoms with Crippen molar-refractivity contribution in [3.63, 3.8) is 0 Å². The van der Waals surface area contributed by atoms with E-state index in [0.29, 0.717) is 5.75 Å². The van der Waals surface area contributed by atoms with Gasteiger partial charge in [0.1, 0.15) is 5.03 Å². The van der Waals surface area contributed by atoms with Gasteiger partial charge in [0.2, 0.25) is 0 Å². The van der Waals surface area contributed by atoms with Crippen LogP contribution >= 0.6 is 11.8 Å². The third-order valence-electron chi connectivity index (χ3n) is 3.07. The highest BCUT2D eigenvalue weighted by Crippen LogP contribution is 2.25. The van der Waals surface area contributed by atoms with Crippen molar-refractivity contribution in [2.75, 3.05) is 5.75 Å². The molecule has 0 aliphatic rings. The van der Waals surface area contributed by atoms with Gasteiger partial charge in [-0.05, 0) is 11.5 Å². The van der Waals surface area contributed by atoms with Crippen LogP contribution in [0.15, 0.2) is 71.9 Å². The third-order valence-corrected chi connectivity index (χ3v) is 4.08. The number of Topliss-reactive ketones (excluding diaryl/α,β-unsaturated/α-hetero) is 1.